The van der Waals surface area contributed by atoms with Crippen LogP contribution in [0, 0.1) is 0 Å². The van der Waals surface area contributed by atoms with E-state index in [4.69, 9.17) is 5.73 Å². The molecule has 2 unspecified atom stereocenters. The van der Waals surface area contributed by atoms with Crippen LogP contribution in [0.5, 0.6) is 0 Å². The minimum atomic E-state index is -0.0584. The van der Waals surface area contributed by atoms with Crippen LogP contribution < -0.4 is 5.73 Å². The lowest BCUT2D eigenvalue weighted by molar-refractivity contribution is 0.872. The number of rotatable bonds is 1. The zero-order chi connectivity index (χ0) is 5.78. The molecule has 2 atom stereocenters. The van der Waals surface area contributed by atoms with E-state index in [2.05, 4.69) is 6.92 Å². The molecule has 2 rings (SSSR count). The number of hydrogen-bond acceptors (Lipinski definition) is 1. The summed E-state index contributed by atoms with van der Waals surface area (Å²) in [6.45, 7) is 2.27. The molecule has 1 nitrogen and oxygen atoms in total. The molecule has 0 radical (unpaired) electrons. The van der Waals surface area contributed by atoms with Crippen molar-refractivity contribution in [2.45, 2.75) is 24.0 Å². The summed E-state index contributed by atoms with van der Waals surface area (Å²) >= 11 is 0. The largest absolute Gasteiger partial charge is 0.320 e. The summed E-state index contributed by atoms with van der Waals surface area (Å²) < 4.78 is 0. The van der Waals surface area contributed by atoms with Gasteiger partial charge in [-0.25, -0.2) is 10.0 Å². The van der Waals surface area contributed by atoms with Gasteiger partial charge in [-0.3, -0.25) is 0 Å². The minimum absolute atomic E-state index is 0.0584. The molecule has 8 heavy (non-hydrogen) atoms. The zero-order valence-electron chi connectivity index (χ0n) is 5.26. The predicted molar refractivity (Wildman–Crippen MR) is 39.4 cm³/mol. The maximum atomic E-state index is 5.85. The molecule has 2 N–H and O–H groups in total. The second kappa shape index (κ2) is 1.24. The molecule has 0 bridgehead atoms. The lowest BCUT2D eigenvalue weighted by atomic mass is 10.3. The van der Waals surface area contributed by atoms with Crippen LogP contribution >= 0.6 is 10.0 Å². The van der Waals surface area contributed by atoms with E-state index in [1.807, 2.05) is 0 Å². The standard InChI is InChI=1S/C6H13NS/c1-2-5-6(7)8(5)3-4-8/h5-6H,2-4,7H2,1H3. The van der Waals surface area contributed by atoms with Crippen molar-refractivity contribution in [3.8, 4) is 0 Å². The third kappa shape index (κ3) is 0.392. The Hall–Kier alpha value is 0.310. The van der Waals surface area contributed by atoms with E-state index in [0.29, 0.717) is 5.37 Å². The Bertz CT molecular complexity index is 120. The second-order valence-corrected chi connectivity index (χ2v) is 6.81. The van der Waals surface area contributed by atoms with Gasteiger partial charge in [-0.05, 0) is 17.9 Å². The van der Waals surface area contributed by atoms with Gasteiger partial charge in [0.25, 0.3) is 0 Å². The fourth-order valence-electron chi connectivity index (χ4n) is 1.72. The van der Waals surface area contributed by atoms with Crippen molar-refractivity contribution >= 4 is 10.0 Å². The molecule has 0 aliphatic carbocycles. The van der Waals surface area contributed by atoms with Gasteiger partial charge in [0.2, 0.25) is 0 Å². The Labute approximate surface area is 52.0 Å². The molecule has 0 aromatic carbocycles. The lowest BCUT2D eigenvalue weighted by Crippen LogP contribution is -2.03. The first kappa shape index (κ1) is 5.12. The first-order valence-corrected chi connectivity index (χ1v) is 5.43. The molecule has 0 amide bonds. The Balaban J connectivity index is 2.04. The van der Waals surface area contributed by atoms with Crippen molar-refractivity contribution in [1.29, 1.82) is 0 Å². The fraction of sp³-hybridized carbons (Fsp3) is 1.00. The minimum Gasteiger partial charge on any atom is -0.320 e. The molecule has 2 aliphatic rings. The van der Waals surface area contributed by atoms with Crippen LogP contribution in [-0.4, -0.2) is 22.1 Å². The molecule has 2 saturated heterocycles. The molecule has 1 spiro atoms. The molecule has 2 fully saturated rings. The SMILES string of the molecule is CCC1C(N)S12CC2. The van der Waals surface area contributed by atoms with Gasteiger partial charge in [0.1, 0.15) is 0 Å². The maximum Gasteiger partial charge on any atom is 0.0462 e. The highest BCUT2D eigenvalue weighted by atomic mass is 32.3. The molecular formula is C6H13NS. The first-order valence-electron chi connectivity index (χ1n) is 3.33. The summed E-state index contributed by atoms with van der Waals surface area (Å²) in [7, 11) is -0.0584. The molecule has 2 aliphatic heterocycles. The Morgan fingerprint density at radius 1 is 1.62 bits per heavy atom. The van der Waals surface area contributed by atoms with E-state index < -0.39 is 0 Å². The maximum absolute atomic E-state index is 5.85. The van der Waals surface area contributed by atoms with Crippen LogP contribution in [0.3, 0.4) is 0 Å². The Morgan fingerprint density at radius 3 is 2.38 bits per heavy atom. The van der Waals surface area contributed by atoms with Gasteiger partial charge >= 0.3 is 0 Å². The van der Waals surface area contributed by atoms with Gasteiger partial charge in [0, 0.05) is 10.6 Å². The van der Waals surface area contributed by atoms with E-state index >= 15 is 0 Å². The molecule has 0 aromatic heterocycles. The molecule has 48 valence electrons. The summed E-state index contributed by atoms with van der Waals surface area (Å²) in [5, 5.41) is 1.66. The van der Waals surface area contributed by atoms with Gasteiger partial charge in [-0.2, -0.15) is 0 Å². The highest BCUT2D eigenvalue weighted by Crippen LogP contribution is 2.83. The summed E-state index contributed by atoms with van der Waals surface area (Å²) in [6, 6.07) is 0. The van der Waals surface area contributed by atoms with Gasteiger partial charge in [-0.15, -0.1) is 0 Å². The summed E-state index contributed by atoms with van der Waals surface area (Å²) in [6.07, 6.45) is 1.34. The highest BCUT2D eigenvalue weighted by Gasteiger charge is 2.64. The van der Waals surface area contributed by atoms with Crippen LogP contribution in [0.15, 0.2) is 0 Å². The Kier molecular flexibility index (Phi) is 0.795. The second-order valence-electron chi connectivity index (χ2n) is 2.83. The average molecular weight is 131 g/mol. The van der Waals surface area contributed by atoms with Gasteiger partial charge < -0.3 is 5.73 Å². The van der Waals surface area contributed by atoms with Crippen LogP contribution in [0.4, 0.5) is 0 Å². The molecule has 0 aromatic rings. The molecule has 2 heterocycles. The van der Waals surface area contributed by atoms with Crippen molar-refractivity contribution in [3.05, 3.63) is 0 Å². The third-order valence-electron chi connectivity index (χ3n) is 2.51. The van der Waals surface area contributed by atoms with Crippen molar-refractivity contribution < 1.29 is 0 Å². The normalized spacial score (nSPS) is 51.2. The number of hydrogen-bond donors (Lipinski definition) is 1. The summed E-state index contributed by atoms with van der Waals surface area (Å²) in [5.41, 5.74) is 5.85. The van der Waals surface area contributed by atoms with Gasteiger partial charge in [0.15, 0.2) is 0 Å². The third-order valence-corrected chi connectivity index (χ3v) is 6.79. The van der Waals surface area contributed by atoms with E-state index in [0.717, 1.165) is 5.25 Å². The molecule has 0 saturated carbocycles. The summed E-state index contributed by atoms with van der Waals surface area (Å²) in [5.74, 6) is 3.01. The van der Waals surface area contributed by atoms with Crippen LogP contribution in [-0.2, 0) is 0 Å². The van der Waals surface area contributed by atoms with Crippen molar-refractivity contribution in [2.24, 2.45) is 5.73 Å². The average Bonchev–Trinajstić information content (AvgIpc) is 2.57. The van der Waals surface area contributed by atoms with Crippen LogP contribution in [0.2, 0.25) is 0 Å². The van der Waals surface area contributed by atoms with E-state index in [1.165, 1.54) is 17.9 Å². The monoisotopic (exact) mass is 131 g/mol. The first-order chi connectivity index (χ1) is 3.81. The van der Waals surface area contributed by atoms with Gasteiger partial charge in [0.05, 0.1) is 0 Å². The fourth-order valence-corrected chi connectivity index (χ4v) is 5.93. The summed E-state index contributed by atoms with van der Waals surface area (Å²) in [4.78, 5) is 0. The van der Waals surface area contributed by atoms with E-state index in [1.54, 1.807) is 0 Å². The van der Waals surface area contributed by atoms with Crippen molar-refractivity contribution in [2.75, 3.05) is 11.5 Å². The zero-order valence-corrected chi connectivity index (χ0v) is 6.08. The van der Waals surface area contributed by atoms with E-state index in [-0.39, 0.29) is 10.0 Å². The topological polar surface area (TPSA) is 26.0 Å². The van der Waals surface area contributed by atoms with Crippen molar-refractivity contribution in [3.63, 3.8) is 0 Å². The Morgan fingerprint density at radius 2 is 2.25 bits per heavy atom. The smallest absolute Gasteiger partial charge is 0.0462 e. The quantitative estimate of drug-likeness (QED) is 0.525. The van der Waals surface area contributed by atoms with Crippen LogP contribution in [0.1, 0.15) is 13.3 Å². The van der Waals surface area contributed by atoms with Crippen molar-refractivity contribution in [1.82, 2.24) is 0 Å². The molecule has 2 heteroatoms. The van der Waals surface area contributed by atoms with E-state index in [9.17, 15) is 0 Å². The highest BCUT2D eigenvalue weighted by molar-refractivity contribution is 8.46. The predicted octanol–water partition coefficient (Wildman–Crippen LogP) is 0.882. The van der Waals surface area contributed by atoms with Gasteiger partial charge in [-0.1, -0.05) is 6.92 Å². The lowest BCUT2D eigenvalue weighted by Gasteiger charge is -1.86. The number of nitrogens with two attached hydrogens (primary N) is 1. The van der Waals surface area contributed by atoms with Crippen LogP contribution in [0.25, 0.3) is 0 Å². The molecular weight excluding hydrogens is 118 g/mol.